The highest BCUT2D eigenvalue weighted by molar-refractivity contribution is 5.92. The van der Waals surface area contributed by atoms with E-state index in [4.69, 9.17) is 10.8 Å². The molecule has 106 valence electrons. The monoisotopic (exact) mass is 269 g/mol. The van der Waals surface area contributed by atoms with Gasteiger partial charge in [-0.1, -0.05) is 6.92 Å². The second-order valence-corrected chi connectivity index (χ2v) is 4.29. The number of hydrogen-bond donors (Lipinski definition) is 3. The summed E-state index contributed by atoms with van der Waals surface area (Å²) in [6.45, 7) is 3.20. The van der Waals surface area contributed by atoms with Crippen LogP contribution in [0.25, 0.3) is 0 Å². The van der Waals surface area contributed by atoms with Crippen LogP contribution in [0.1, 0.15) is 13.3 Å². The molecule has 0 aliphatic heterocycles. The quantitative estimate of drug-likeness (QED) is 0.647. The van der Waals surface area contributed by atoms with Gasteiger partial charge in [0, 0.05) is 12.2 Å². The van der Waals surface area contributed by atoms with Crippen LogP contribution in [-0.4, -0.2) is 42.2 Å². The molecular formula is C13H20FN3O2. The van der Waals surface area contributed by atoms with Crippen molar-refractivity contribution >= 4 is 17.3 Å². The van der Waals surface area contributed by atoms with E-state index in [0.717, 1.165) is 6.42 Å². The fourth-order valence-corrected chi connectivity index (χ4v) is 1.76. The van der Waals surface area contributed by atoms with Crippen molar-refractivity contribution < 1.29 is 14.3 Å². The van der Waals surface area contributed by atoms with Gasteiger partial charge in [0.15, 0.2) is 0 Å². The van der Waals surface area contributed by atoms with Crippen LogP contribution in [0.2, 0.25) is 0 Å². The standard InChI is InChI=1S/C13H20FN3O2/c1-2-5-17(6-7-18)9-13(19)16-12-8-10(15)3-4-11(12)14/h3-4,8,18H,2,5-7,9,15H2,1H3,(H,16,19). The number of nitrogens with two attached hydrogens (primary N) is 1. The molecule has 5 nitrogen and oxygen atoms in total. The molecule has 0 heterocycles. The maximum Gasteiger partial charge on any atom is 0.238 e. The number of aliphatic hydroxyl groups excluding tert-OH is 1. The Kier molecular flexibility index (Phi) is 6.24. The molecular weight excluding hydrogens is 249 g/mol. The number of carbonyl (C=O) groups is 1. The molecule has 1 aromatic carbocycles. The molecule has 19 heavy (non-hydrogen) atoms. The van der Waals surface area contributed by atoms with E-state index < -0.39 is 5.82 Å². The molecule has 0 aromatic heterocycles. The van der Waals surface area contributed by atoms with Crippen LogP contribution < -0.4 is 11.1 Å². The second kappa shape index (κ2) is 7.70. The molecule has 0 unspecified atom stereocenters. The number of carbonyl (C=O) groups excluding carboxylic acids is 1. The van der Waals surface area contributed by atoms with E-state index in [0.29, 0.717) is 18.8 Å². The Bertz CT molecular complexity index is 420. The average molecular weight is 269 g/mol. The Morgan fingerprint density at radius 2 is 2.21 bits per heavy atom. The van der Waals surface area contributed by atoms with E-state index in [2.05, 4.69) is 5.32 Å². The normalized spacial score (nSPS) is 10.7. The molecule has 4 N–H and O–H groups in total. The maximum atomic E-state index is 13.4. The van der Waals surface area contributed by atoms with Gasteiger partial charge in [0.1, 0.15) is 5.82 Å². The number of halogens is 1. The van der Waals surface area contributed by atoms with Crippen LogP contribution in [0.4, 0.5) is 15.8 Å². The molecule has 0 aliphatic rings. The lowest BCUT2D eigenvalue weighted by molar-refractivity contribution is -0.117. The molecule has 0 fully saturated rings. The lowest BCUT2D eigenvalue weighted by atomic mass is 10.2. The summed E-state index contributed by atoms with van der Waals surface area (Å²) in [5.41, 5.74) is 6.00. The van der Waals surface area contributed by atoms with Gasteiger partial charge >= 0.3 is 0 Å². The van der Waals surface area contributed by atoms with Gasteiger partial charge in [-0.3, -0.25) is 9.69 Å². The van der Waals surface area contributed by atoms with Crippen LogP contribution in [0.3, 0.4) is 0 Å². The third-order valence-electron chi connectivity index (χ3n) is 2.59. The molecule has 0 atom stereocenters. The molecule has 0 saturated heterocycles. The Balaban J connectivity index is 2.60. The lowest BCUT2D eigenvalue weighted by Crippen LogP contribution is -2.35. The Hall–Kier alpha value is -1.66. The summed E-state index contributed by atoms with van der Waals surface area (Å²) in [7, 11) is 0. The molecule has 1 amide bonds. The van der Waals surface area contributed by atoms with Gasteiger partial charge in [0.2, 0.25) is 5.91 Å². The maximum absolute atomic E-state index is 13.4. The van der Waals surface area contributed by atoms with Crippen LogP contribution in [0.15, 0.2) is 18.2 Å². The van der Waals surface area contributed by atoms with Crippen molar-refractivity contribution in [2.45, 2.75) is 13.3 Å². The third-order valence-corrected chi connectivity index (χ3v) is 2.59. The first-order valence-corrected chi connectivity index (χ1v) is 6.25. The highest BCUT2D eigenvalue weighted by Gasteiger charge is 2.11. The van der Waals surface area contributed by atoms with Crippen LogP contribution in [0, 0.1) is 5.82 Å². The molecule has 0 bridgehead atoms. The van der Waals surface area contributed by atoms with E-state index in [1.54, 1.807) is 4.90 Å². The zero-order valence-corrected chi connectivity index (χ0v) is 11.0. The smallest absolute Gasteiger partial charge is 0.238 e. The van der Waals surface area contributed by atoms with E-state index in [9.17, 15) is 9.18 Å². The average Bonchev–Trinajstić information content (AvgIpc) is 2.34. The summed E-state index contributed by atoms with van der Waals surface area (Å²) in [4.78, 5) is 13.6. The van der Waals surface area contributed by atoms with Gasteiger partial charge in [-0.15, -0.1) is 0 Å². The van der Waals surface area contributed by atoms with Gasteiger partial charge in [0.05, 0.1) is 18.8 Å². The molecule has 0 saturated carbocycles. The summed E-state index contributed by atoms with van der Waals surface area (Å²) in [6, 6.07) is 4.02. The number of nitrogens with zero attached hydrogens (tertiary/aromatic N) is 1. The molecule has 1 aromatic rings. The Morgan fingerprint density at radius 3 is 2.84 bits per heavy atom. The first kappa shape index (κ1) is 15.4. The predicted octanol–water partition coefficient (Wildman–Crippen LogP) is 1.05. The number of hydrogen-bond acceptors (Lipinski definition) is 4. The van der Waals surface area contributed by atoms with Crippen molar-refractivity contribution in [2.24, 2.45) is 0 Å². The second-order valence-electron chi connectivity index (χ2n) is 4.29. The number of amides is 1. The minimum atomic E-state index is -0.522. The molecule has 0 spiro atoms. The molecule has 6 heteroatoms. The number of nitrogens with one attached hydrogen (secondary N) is 1. The van der Waals surface area contributed by atoms with Gasteiger partial charge in [-0.2, -0.15) is 0 Å². The highest BCUT2D eigenvalue weighted by atomic mass is 19.1. The van der Waals surface area contributed by atoms with Crippen LogP contribution in [-0.2, 0) is 4.79 Å². The van der Waals surface area contributed by atoms with E-state index in [-0.39, 0.29) is 24.7 Å². The predicted molar refractivity (Wildman–Crippen MR) is 73.3 cm³/mol. The topological polar surface area (TPSA) is 78.6 Å². The summed E-state index contributed by atoms with van der Waals surface area (Å²) < 4.78 is 13.4. The van der Waals surface area contributed by atoms with Gasteiger partial charge in [-0.05, 0) is 31.2 Å². The zero-order valence-electron chi connectivity index (χ0n) is 11.0. The number of aliphatic hydroxyl groups is 1. The van der Waals surface area contributed by atoms with Crippen molar-refractivity contribution in [3.8, 4) is 0 Å². The van der Waals surface area contributed by atoms with Gasteiger partial charge in [-0.25, -0.2) is 4.39 Å². The number of benzene rings is 1. The number of nitrogen functional groups attached to an aromatic ring is 1. The first-order chi connectivity index (χ1) is 9.06. The molecule has 0 radical (unpaired) electrons. The number of anilines is 2. The van der Waals surface area contributed by atoms with Crippen molar-refractivity contribution in [3.05, 3.63) is 24.0 Å². The zero-order chi connectivity index (χ0) is 14.3. The Morgan fingerprint density at radius 1 is 1.47 bits per heavy atom. The van der Waals surface area contributed by atoms with E-state index in [1.165, 1.54) is 18.2 Å². The molecule has 1 rings (SSSR count). The largest absolute Gasteiger partial charge is 0.399 e. The minimum absolute atomic E-state index is 0.0140. The van der Waals surface area contributed by atoms with E-state index in [1.807, 2.05) is 6.92 Å². The van der Waals surface area contributed by atoms with Crippen molar-refractivity contribution in [1.82, 2.24) is 4.90 Å². The van der Waals surface area contributed by atoms with Gasteiger partial charge < -0.3 is 16.2 Å². The van der Waals surface area contributed by atoms with Crippen LogP contribution in [0.5, 0.6) is 0 Å². The third kappa shape index (κ3) is 5.23. The van der Waals surface area contributed by atoms with Crippen molar-refractivity contribution in [3.63, 3.8) is 0 Å². The summed E-state index contributed by atoms with van der Waals surface area (Å²) in [5.74, 6) is -0.849. The first-order valence-electron chi connectivity index (χ1n) is 6.25. The van der Waals surface area contributed by atoms with Crippen molar-refractivity contribution in [2.75, 3.05) is 37.3 Å². The number of rotatable bonds is 7. The fraction of sp³-hybridized carbons (Fsp3) is 0.462. The highest BCUT2D eigenvalue weighted by Crippen LogP contribution is 2.17. The molecule has 0 aliphatic carbocycles. The van der Waals surface area contributed by atoms with Gasteiger partial charge in [0.25, 0.3) is 0 Å². The minimum Gasteiger partial charge on any atom is -0.399 e. The van der Waals surface area contributed by atoms with E-state index >= 15 is 0 Å². The lowest BCUT2D eigenvalue weighted by Gasteiger charge is -2.19. The Labute approximate surface area is 112 Å². The van der Waals surface area contributed by atoms with Crippen LogP contribution >= 0.6 is 0 Å². The summed E-state index contributed by atoms with van der Waals surface area (Å²) in [6.07, 6.45) is 0.875. The SMILES string of the molecule is CCCN(CCO)CC(=O)Nc1cc(N)ccc1F. The van der Waals surface area contributed by atoms with Crippen molar-refractivity contribution in [1.29, 1.82) is 0 Å². The summed E-state index contributed by atoms with van der Waals surface area (Å²) in [5, 5.41) is 11.4. The summed E-state index contributed by atoms with van der Waals surface area (Å²) >= 11 is 0. The fourth-order valence-electron chi connectivity index (χ4n) is 1.76.